The van der Waals surface area contributed by atoms with E-state index in [9.17, 15) is 9.18 Å². The number of furan rings is 1. The number of rotatable bonds is 8. The first-order valence-corrected chi connectivity index (χ1v) is 11.5. The molecular weight excluding hydrogens is 457 g/mol. The van der Waals surface area contributed by atoms with Crippen LogP contribution in [0.2, 0.25) is 0 Å². The van der Waals surface area contributed by atoms with Gasteiger partial charge in [0.1, 0.15) is 17.3 Å². The zero-order valence-electron chi connectivity index (χ0n) is 19.7. The summed E-state index contributed by atoms with van der Waals surface area (Å²) in [5.41, 5.74) is 2.20. The van der Waals surface area contributed by atoms with Gasteiger partial charge in [-0.3, -0.25) is 4.79 Å². The van der Waals surface area contributed by atoms with Crippen LogP contribution in [0.4, 0.5) is 4.39 Å². The second-order valence-corrected chi connectivity index (χ2v) is 8.25. The Morgan fingerprint density at radius 3 is 2.31 bits per heavy atom. The summed E-state index contributed by atoms with van der Waals surface area (Å²) in [5, 5.41) is 4.73. The highest BCUT2D eigenvalue weighted by Crippen LogP contribution is 2.32. The Hall–Kier alpha value is -4.65. The molecule has 0 saturated carbocycles. The van der Waals surface area contributed by atoms with Crippen molar-refractivity contribution in [1.29, 1.82) is 0 Å². The highest BCUT2D eigenvalue weighted by atomic mass is 19.1. The number of hydrogen-bond acceptors (Lipinski definition) is 4. The van der Waals surface area contributed by atoms with E-state index in [1.54, 1.807) is 35.2 Å². The molecule has 7 heteroatoms. The van der Waals surface area contributed by atoms with Gasteiger partial charge in [0.15, 0.2) is 0 Å². The minimum absolute atomic E-state index is 0.0114. The maximum absolute atomic E-state index is 14.6. The van der Waals surface area contributed by atoms with E-state index in [2.05, 4.69) is 0 Å². The Bertz CT molecular complexity index is 1450. The Balaban J connectivity index is 1.58. The standard InChI is InChI=1S/C29H24FN3O3/c1-21-26(20-32(19-24-15-10-18-35-24)28(34)25-16-8-9-17-27(25)30)29(36-23-13-6-3-7-14-23)33(31-21)22-11-4-2-5-12-22/h2-18H,19-20H2,1H3. The predicted octanol–water partition coefficient (Wildman–Crippen LogP) is 6.55. The largest absolute Gasteiger partial charge is 0.467 e. The Morgan fingerprint density at radius 1 is 0.917 bits per heavy atom. The number of carbonyl (C=O) groups excluding carboxylic acids is 1. The number of amides is 1. The molecule has 5 aromatic rings. The van der Waals surface area contributed by atoms with Crippen molar-refractivity contribution in [3.63, 3.8) is 0 Å². The first kappa shape index (κ1) is 23.1. The van der Waals surface area contributed by atoms with Gasteiger partial charge in [0.05, 0.1) is 41.9 Å². The smallest absolute Gasteiger partial charge is 0.257 e. The fraction of sp³-hybridized carbons (Fsp3) is 0.103. The van der Waals surface area contributed by atoms with Gasteiger partial charge in [0.25, 0.3) is 5.91 Å². The van der Waals surface area contributed by atoms with Gasteiger partial charge >= 0.3 is 0 Å². The molecule has 0 aliphatic heterocycles. The number of carbonyl (C=O) groups is 1. The van der Waals surface area contributed by atoms with Crippen molar-refractivity contribution in [2.45, 2.75) is 20.0 Å². The number of halogens is 1. The van der Waals surface area contributed by atoms with E-state index in [0.717, 1.165) is 5.69 Å². The average Bonchev–Trinajstić information content (AvgIpc) is 3.53. The predicted molar refractivity (Wildman–Crippen MR) is 134 cm³/mol. The summed E-state index contributed by atoms with van der Waals surface area (Å²) in [6.45, 7) is 2.15. The van der Waals surface area contributed by atoms with Crippen LogP contribution < -0.4 is 4.74 Å². The first-order valence-electron chi connectivity index (χ1n) is 11.5. The molecule has 0 saturated heterocycles. The summed E-state index contributed by atoms with van der Waals surface area (Å²) in [4.78, 5) is 15.1. The molecule has 0 atom stereocenters. The quantitative estimate of drug-likeness (QED) is 0.252. The molecule has 180 valence electrons. The van der Waals surface area contributed by atoms with Crippen molar-refractivity contribution in [2.24, 2.45) is 0 Å². The van der Waals surface area contributed by atoms with Crippen LogP contribution in [0.15, 0.2) is 108 Å². The van der Waals surface area contributed by atoms with E-state index >= 15 is 0 Å². The number of aryl methyl sites for hydroxylation is 1. The molecule has 0 radical (unpaired) electrons. The van der Waals surface area contributed by atoms with Crippen LogP contribution in [0.5, 0.6) is 11.6 Å². The van der Waals surface area contributed by atoms with E-state index in [0.29, 0.717) is 28.6 Å². The summed E-state index contributed by atoms with van der Waals surface area (Å²) < 4.78 is 28.1. The van der Waals surface area contributed by atoms with Crippen LogP contribution in [0.1, 0.15) is 27.4 Å². The Morgan fingerprint density at radius 2 is 1.61 bits per heavy atom. The third kappa shape index (κ3) is 4.90. The molecule has 0 spiro atoms. The van der Waals surface area contributed by atoms with Gasteiger partial charge in [-0.1, -0.05) is 48.5 Å². The summed E-state index contributed by atoms with van der Waals surface area (Å²) in [6.07, 6.45) is 1.55. The van der Waals surface area contributed by atoms with Crippen LogP contribution in [0.3, 0.4) is 0 Å². The van der Waals surface area contributed by atoms with Crippen molar-refractivity contribution in [2.75, 3.05) is 0 Å². The van der Waals surface area contributed by atoms with Crippen LogP contribution >= 0.6 is 0 Å². The molecule has 3 aromatic carbocycles. The van der Waals surface area contributed by atoms with Crippen LogP contribution in [0.25, 0.3) is 5.69 Å². The molecule has 6 nitrogen and oxygen atoms in total. The maximum Gasteiger partial charge on any atom is 0.257 e. The topological polar surface area (TPSA) is 60.5 Å². The van der Waals surface area contributed by atoms with Crippen LogP contribution in [-0.2, 0) is 13.1 Å². The zero-order chi connectivity index (χ0) is 24.9. The van der Waals surface area contributed by atoms with Gasteiger partial charge in [-0.25, -0.2) is 9.07 Å². The number of hydrogen-bond donors (Lipinski definition) is 0. The molecule has 1 amide bonds. The minimum atomic E-state index is -0.579. The van der Waals surface area contributed by atoms with Crippen LogP contribution in [0, 0.1) is 12.7 Å². The van der Waals surface area contributed by atoms with E-state index in [1.807, 2.05) is 67.6 Å². The molecule has 0 unspecified atom stereocenters. The normalized spacial score (nSPS) is 10.8. The molecule has 2 heterocycles. The molecule has 0 fully saturated rings. The second-order valence-electron chi connectivity index (χ2n) is 8.25. The SMILES string of the molecule is Cc1nn(-c2ccccc2)c(Oc2ccccc2)c1CN(Cc1ccco1)C(=O)c1ccccc1F. The zero-order valence-corrected chi connectivity index (χ0v) is 19.7. The number of benzene rings is 3. The lowest BCUT2D eigenvalue weighted by molar-refractivity contribution is 0.0711. The number of para-hydroxylation sites is 2. The molecule has 36 heavy (non-hydrogen) atoms. The third-order valence-corrected chi connectivity index (χ3v) is 5.76. The fourth-order valence-corrected chi connectivity index (χ4v) is 3.96. The number of aromatic nitrogens is 2. The van der Waals surface area contributed by atoms with Gasteiger partial charge in [0.2, 0.25) is 5.88 Å². The van der Waals surface area contributed by atoms with Crippen molar-refractivity contribution in [3.8, 4) is 17.3 Å². The van der Waals surface area contributed by atoms with E-state index in [1.165, 1.54) is 17.0 Å². The highest BCUT2D eigenvalue weighted by Gasteiger charge is 2.26. The van der Waals surface area contributed by atoms with Gasteiger partial charge in [-0.05, 0) is 55.5 Å². The summed E-state index contributed by atoms with van der Waals surface area (Å²) in [5.74, 6) is 0.661. The lowest BCUT2D eigenvalue weighted by Crippen LogP contribution is -2.31. The fourth-order valence-electron chi connectivity index (χ4n) is 3.96. The van der Waals surface area contributed by atoms with Crippen LogP contribution in [-0.4, -0.2) is 20.6 Å². The van der Waals surface area contributed by atoms with Gasteiger partial charge in [0, 0.05) is 0 Å². The molecule has 0 aliphatic rings. The lowest BCUT2D eigenvalue weighted by Gasteiger charge is -2.23. The molecule has 2 aromatic heterocycles. The number of nitrogens with zero attached hydrogens (tertiary/aromatic N) is 3. The molecule has 5 rings (SSSR count). The van der Waals surface area contributed by atoms with E-state index in [4.69, 9.17) is 14.3 Å². The monoisotopic (exact) mass is 481 g/mol. The van der Waals surface area contributed by atoms with Gasteiger partial charge in [-0.15, -0.1) is 0 Å². The Labute approximate surface area is 208 Å². The summed E-state index contributed by atoms with van der Waals surface area (Å²) in [6, 6.07) is 28.5. The molecule has 0 bridgehead atoms. The lowest BCUT2D eigenvalue weighted by atomic mass is 10.1. The van der Waals surface area contributed by atoms with E-state index < -0.39 is 11.7 Å². The first-order chi connectivity index (χ1) is 17.6. The third-order valence-electron chi connectivity index (χ3n) is 5.76. The second kappa shape index (κ2) is 10.3. The van der Waals surface area contributed by atoms with E-state index in [-0.39, 0.29) is 18.7 Å². The highest BCUT2D eigenvalue weighted by molar-refractivity contribution is 5.94. The van der Waals surface area contributed by atoms with Crippen molar-refractivity contribution in [3.05, 3.63) is 132 Å². The summed E-state index contributed by atoms with van der Waals surface area (Å²) >= 11 is 0. The maximum atomic E-state index is 14.6. The van der Waals surface area contributed by atoms with Crippen molar-refractivity contribution in [1.82, 2.24) is 14.7 Å². The number of ether oxygens (including phenoxy) is 1. The Kier molecular flexibility index (Phi) is 6.62. The molecular formula is C29H24FN3O3. The average molecular weight is 482 g/mol. The molecule has 0 N–H and O–H groups in total. The van der Waals surface area contributed by atoms with Crippen molar-refractivity contribution >= 4 is 5.91 Å². The minimum Gasteiger partial charge on any atom is -0.467 e. The van der Waals surface area contributed by atoms with Gasteiger partial charge < -0.3 is 14.1 Å². The summed E-state index contributed by atoms with van der Waals surface area (Å²) in [7, 11) is 0. The molecule has 0 aliphatic carbocycles. The van der Waals surface area contributed by atoms with Gasteiger partial charge in [-0.2, -0.15) is 5.10 Å². The van der Waals surface area contributed by atoms with Crippen molar-refractivity contribution < 1.29 is 18.3 Å².